The van der Waals surface area contributed by atoms with Crippen LogP contribution in [-0.2, 0) is 27.1 Å². The summed E-state index contributed by atoms with van der Waals surface area (Å²) in [4.78, 5) is 29.7. The Labute approximate surface area is 197 Å². The van der Waals surface area contributed by atoms with Gasteiger partial charge >= 0.3 is 6.09 Å². The summed E-state index contributed by atoms with van der Waals surface area (Å²) in [7, 11) is 0. The first kappa shape index (κ1) is 23.0. The summed E-state index contributed by atoms with van der Waals surface area (Å²) in [5.74, 6) is 2.46. The number of aromatic nitrogens is 1. The smallest absolute Gasteiger partial charge is 0.407 e. The van der Waals surface area contributed by atoms with Gasteiger partial charge in [-0.3, -0.25) is 9.78 Å². The number of anilines is 1. The molecule has 2 unspecified atom stereocenters. The number of pyridine rings is 1. The Kier molecular flexibility index (Phi) is 7.76. The van der Waals surface area contributed by atoms with Crippen molar-refractivity contribution in [2.24, 2.45) is 0 Å². The standard InChI is InChI=1S/C25H27N3O4S/c1-2-20-21-10-9-18(32-25(30)27-16-19-7-3-4-13-31-19)14-22(21)33-24(20)28-23(29)11-8-17-6-5-12-26-15-17/h1,5-6,8,11-12,15,18-19H,3-4,7,9-10,13-14,16H2,(H,27,30)(H,28,29)/b11-8+. The van der Waals surface area contributed by atoms with Gasteiger partial charge in [-0.15, -0.1) is 17.8 Å². The van der Waals surface area contributed by atoms with E-state index in [1.54, 1.807) is 18.5 Å². The fraction of sp³-hybridized carbons (Fsp3) is 0.400. The van der Waals surface area contributed by atoms with Crippen molar-refractivity contribution in [2.45, 2.75) is 50.7 Å². The number of carbonyl (C=O) groups excluding carboxylic acids is 2. The molecule has 4 rings (SSSR count). The van der Waals surface area contributed by atoms with Crippen molar-refractivity contribution in [3.63, 3.8) is 0 Å². The van der Waals surface area contributed by atoms with Gasteiger partial charge in [0.1, 0.15) is 11.1 Å². The SMILES string of the molecule is C#Cc1c(NC(=O)/C=C/c2cccnc2)sc2c1CCC(OC(=O)NCC1CCCCO1)C2. The van der Waals surface area contributed by atoms with E-state index in [2.05, 4.69) is 21.5 Å². The maximum atomic E-state index is 12.4. The predicted octanol–water partition coefficient (Wildman–Crippen LogP) is 3.93. The van der Waals surface area contributed by atoms with Crippen molar-refractivity contribution in [3.8, 4) is 12.3 Å². The molecule has 1 aliphatic heterocycles. The molecule has 2 aromatic rings. The number of rotatable bonds is 6. The van der Waals surface area contributed by atoms with Gasteiger partial charge in [-0.1, -0.05) is 12.0 Å². The average molecular weight is 466 g/mol. The molecule has 0 saturated carbocycles. The summed E-state index contributed by atoms with van der Waals surface area (Å²) >= 11 is 1.45. The lowest BCUT2D eigenvalue weighted by molar-refractivity contribution is -0.111. The third kappa shape index (κ3) is 6.21. The minimum Gasteiger partial charge on any atom is -0.446 e. The van der Waals surface area contributed by atoms with Gasteiger partial charge in [-0.05, 0) is 55.4 Å². The van der Waals surface area contributed by atoms with Crippen molar-refractivity contribution in [1.29, 1.82) is 0 Å². The Hall–Kier alpha value is -3.15. The monoisotopic (exact) mass is 465 g/mol. The molecule has 172 valence electrons. The van der Waals surface area contributed by atoms with Gasteiger partial charge in [0, 0.05) is 42.9 Å². The first-order valence-corrected chi connectivity index (χ1v) is 12.0. The minimum absolute atomic E-state index is 0.0677. The van der Waals surface area contributed by atoms with E-state index in [-0.39, 0.29) is 18.1 Å². The second-order valence-corrected chi connectivity index (χ2v) is 9.21. The highest BCUT2D eigenvalue weighted by Crippen LogP contribution is 2.38. The lowest BCUT2D eigenvalue weighted by Gasteiger charge is -2.25. The average Bonchev–Trinajstić information content (AvgIpc) is 3.18. The molecule has 2 N–H and O–H groups in total. The Bertz CT molecular complexity index is 1050. The summed E-state index contributed by atoms with van der Waals surface area (Å²) in [6.45, 7) is 1.22. The van der Waals surface area contributed by atoms with Crippen LogP contribution >= 0.6 is 11.3 Å². The summed E-state index contributed by atoms with van der Waals surface area (Å²) < 4.78 is 11.3. The van der Waals surface area contributed by atoms with Crippen LogP contribution in [-0.4, -0.2) is 42.3 Å². The number of carbonyl (C=O) groups is 2. The van der Waals surface area contributed by atoms with Crippen LogP contribution in [0.3, 0.4) is 0 Å². The molecule has 1 fully saturated rings. The third-order valence-electron chi connectivity index (χ3n) is 5.73. The maximum Gasteiger partial charge on any atom is 0.407 e. The molecule has 1 saturated heterocycles. The zero-order valence-electron chi connectivity index (χ0n) is 18.3. The van der Waals surface area contributed by atoms with E-state index in [0.717, 1.165) is 47.4 Å². The van der Waals surface area contributed by atoms with Crippen molar-refractivity contribution in [2.75, 3.05) is 18.5 Å². The second-order valence-electron chi connectivity index (χ2n) is 8.10. The Morgan fingerprint density at radius 2 is 2.27 bits per heavy atom. The first-order valence-electron chi connectivity index (χ1n) is 11.2. The van der Waals surface area contributed by atoms with E-state index in [1.807, 2.05) is 12.1 Å². The van der Waals surface area contributed by atoms with Gasteiger partial charge in [-0.2, -0.15) is 0 Å². The maximum absolute atomic E-state index is 12.4. The molecular weight excluding hydrogens is 438 g/mol. The number of terminal acetylenes is 1. The van der Waals surface area contributed by atoms with Gasteiger partial charge in [0.05, 0.1) is 11.7 Å². The molecule has 3 heterocycles. The topological polar surface area (TPSA) is 89.5 Å². The Morgan fingerprint density at radius 1 is 1.36 bits per heavy atom. The van der Waals surface area contributed by atoms with Gasteiger partial charge in [0.25, 0.3) is 0 Å². The van der Waals surface area contributed by atoms with Crippen molar-refractivity contribution < 1.29 is 19.1 Å². The van der Waals surface area contributed by atoms with Gasteiger partial charge in [0.2, 0.25) is 5.91 Å². The molecule has 8 heteroatoms. The number of hydrogen-bond donors (Lipinski definition) is 2. The lowest BCUT2D eigenvalue weighted by Crippen LogP contribution is -2.38. The Morgan fingerprint density at radius 3 is 3.03 bits per heavy atom. The summed E-state index contributed by atoms with van der Waals surface area (Å²) in [6, 6.07) is 3.68. The number of fused-ring (bicyclic) bond motifs is 1. The van der Waals surface area contributed by atoms with Crippen LogP contribution in [0.5, 0.6) is 0 Å². The van der Waals surface area contributed by atoms with E-state index in [1.165, 1.54) is 17.4 Å². The van der Waals surface area contributed by atoms with Crippen molar-refractivity contribution in [1.82, 2.24) is 10.3 Å². The molecule has 2 atom stereocenters. The summed E-state index contributed by atoms with van der Waals surface area (Å²) in [6.07, 6.45) is 16.9. The number of ether oxygens (including phenoxy) is 2. The second kappa shape index (κ2) is 11.1. The van der Waals surface area contributed by atoms with Gasteiger partial charge < -0.3 is 20.1 Å². The van der Waals surface area contributed by atoms with Crippen LogP contribution in [0.1, 0.15) is 47.3 Å². The Balaban J connectivity index is 1.33. The van der Waals surface area contributed by atoms with Crippen LogP contribution < -0.4 is 10.6 Å². The molecule has 0 radical (unpaired) electrons. The first-order chi connectivity index (χ1) is 16.1. The van der Waals surface area contributed by atoms with E-state index >= 15 is 0 Å². The molecule has 2 aliphatic rings. The van der Waals surface area contributed by atoms with Gasteiger partial charge in [0.15, 0.2) is 0 Å². The van der Waals surface area contributed by atoms with Crippen LogP contribution in [0.4, 0.5) is 9.80 Å². The number of alkyl carbamates (subject to hydrolysis) is 1. The number of hydrogen-bond acceptors (Lipinski definition) is 6. The van der Waals surface area contributed by atoms with Gasteiger partial charge in [-0.25, -0.2) is 4.79 Å². The number of thiophene rings is 1. The highest BCUT2D eigenvalue weighted by molar-refractivity contribution is 7.16. The zero-order chi connectivity index (χ0) is 23.0. The van der Waals surface area contributed by atoms with Crippen LogP contribution in [0.25, 0.3) is 6.08 Å². The van der Waals surface area contributed by atoms with Crippen LogP contribution in [0, 0.1) is 12.3 Å². The summed E-state index contributed by atoms with van der Waals surface area (Å²) in [5, 5.41) is 6.37. The quantitative estimate of drug-likeness (QED) is 0.498. The highest BCUT2D eigenvalue weighted by Gasteiger charge is 2.28. The zero-order valence-corrected chi connectivity index (χ0v) is 19.2. The van der Waals surface area contributed by atoms with Crippen LogP contribution in [0.2, 0.25) is 0 Å². The van der Waals surface area contributed by atoms with Crippen molar-refractivity contribution in [3.05, 3.63) is 52.2 Å². The molecular formula is C25H27N3O4S. The van der Waals surface area contributed by atoms with E-state index in [0.29, 0.717) is 30.8 Å². The fourth-order valence-electron chi connectivity index (χ4n) is 4.06. The predicted molar refractivity (Wildman–Crippen MR) is 128 cm³/mol. The lowest BCUT2D eigenvalue weighted by atomic mass is 9.93. The third-order valence-corrected chi connectivity index (χ3v) is 6.90. The molecule has 2 aromatic heterocycles. The fourth-order valence-corrected chi connectivity index (χ4v) is 5.33. The number of nitrogens with one attached hydrogen (secondary N) is 2. The molecule has 33 heavy (non-hydrogen) atoms. The number of amides is 2. The van der Waals surface area contributed by atoms with E-state index in [4.69, 9.17) is 15.9 Å². The van der Waals surface area contributed by atoms with Crippen molar-refractivity contribution >= 4 is 34.4 Å². The molecule has 7 nitrogen and oxygen atoms in total. The van der Waals surface area contributed by atoms with Crippen LogP contribution in [0.15, 0.2) is 30.6 Å². The molecule has 0 aromatic carbocycles. The molecule has 0 spiro atoms. The molecule has 0 bridgehead atoms. The largest absolute Gasteiger partial charge is 0.446 e. The van der Waals surface area contributed by atoms with E-state index < -0.39 is 6.09 Å². The molecule has 2 amide bonds. The minimum atomic E-state index is -0.416. The number of nitrogens with zero attached hydrogens (tertiary/aromatic N) is 1. The normalized spacial score (nSPS) is 20.0. The molecule has 1 aliphatic carbocycles. The highest BCUT2D eigenvalue weighted by atomic mass is 32.1. The summed E-state index contributed by atoms with van der Waals surface area (Å²) in [5.41, 5.74) is 2.61. The van der Waals surface area contributed by atoms with E-state index in [9.17, 15) is 9.59 Å².